The van der Waals surface area contributed by atoms with Crippen molar-refractivity contribution in [1.82, 2.24) is 15.4 Å². The molecule has 2 aromatic carbocycles. The molecule has 0 radical (unpaired) electrons. The monoisotopic (exact) mass is 542 g/mol. The molecular weight excluding hydrogens is 500 g/mol. The molecule has 1 aromatic heterocycles. The number of benzene rings is 2. The van der Waals surface area contributed by atoms with Crippen molar-refractivity contribution in [1.29, 1.82) is 0 Å². The highest BCUT2D eigenvalue weighted by atomic mass is 16.5. The number of ether oxygens (including phenoxy) is 1. The first-order valence-electron chi connectivity index (χ1n) is 14.3. The zero-order valence-corrected chi connectivity index (χ0v) is 24.5. The summed E-state index contributed by atoms with van der Waals surface area (Å²) < 4.78 is 6.29. The van der Waals surface area contributed by atoms with Gasteiger partial charge < -0.3 is 15.9 Å². The third-order valence-corrected chi connectivity index (χ3v) is 8.61. The minimum atomic E-state index is -0.811. The van der Waals surface area contributed by atoms with E-state index in [9.17, 15) is 4.79 Å². The number of nitrogens with zero attached hydrogens (tertiary/aromatic N) is 3. The van der Waals surface area contributed by atoms with Gasteiger partial charge in [-0.15, -0.1) is 5.53 Å². The third-order valence-electron chi connectivity index (χ3n) is 8.61. The van der Waals surface area contributed by atoms with Crippen LogP contribution in [0.15, 0.2) is 48.7 Å². The van der Waals surface area contributed by atoms with Crippen molar-refractivity contribution < 1.29 is 9.53 Å². The summed E-state index contributed by atoms with van der Waals surface area (Å²) in [6.07, 6.45) is 2.86. The van der Waals surface area contributed by atoms with Crippen molar-refractivity contribution in [3.63, 3.8) is 0 Å². The Morgan fingerprint density at radius 2 is 2.00 bits per heavy atom. The van der Waals surface area contributed by atoms with Crippen LogP contribution < -0.4 is 26.4 Å². The minimum absolute atomic E-state index is 0.105. The molecule has 3 heterocycles. The zero-order valence-electron chi connectivity index (χ0n) is 24.5. The average Bonchev–Trinajstić information content (AvgIpc) is 3.27. The average molecular weight is 543 g/mol. The van der Waals surface area contributed by atoms with E-state index in [-0.39, 0.29) is 17.9 Å². The fraction of sp³-hybridized carbons (Fsp3) is 0.438. The molecule has 2 aliphatic rings. The number of primary amides is 1. The Kier molecular flexibility index (Phi) is 7.75. The number of pyridine rings is 1. The van der Waals surface area contributed by atoms with Gasteiger partial charge in [0, 0.05) is 38.3 Å². The minimum Gasteiger partial charge on any atom is -0.487 e. The number of amides is 1. The molecule has 0 saturated carbocycles. The number of fused-ring (bicyclic) bond motifs is 2. The molecule has 0 spiro atoms. The lowest BCUT2D eigenvalue weighted by molar-refractivity contribution is -0.126. The molecule has 8 heteroatoms. The van der Waals surface area contributed by atoms with E-state index in [1.165, 1.54) is 11.1 Å². The molecule has 2 atom stereocenters. The topological polar surface area (TPSA) is 95.8 Å². The van der Waals surface area contributed by atoms with Gasteiger partial charge in [-0.1, -0.05) is 45.0 Å². The van der Waals surface area contributed by atoms with E-state index < -0.39 is 5.41 Å². The van der Waals surface area contributed by atoms with Gasteiger partial charge in [0.25, 0.3) is 0 Å². The van der Waals surface area contributed by atoms with Crippen molar-refractivity contribution in [2.45, 2.75) is 73.1 Å². The van der Waals surface area contributed by atoms with Crippen LogP contribution in [-0.2, 0) is 17.9 Å². The molecule has 3 aromatic rings. The number of aromatic nitrogens is 1. The second-order valence-corrected chi connectivity index (χ2v) is 11.6. The number of nitrogens with two attached hydrogens (primary N) is 1. The summed E-state index contributed by atoms with van der Waals surface area (Å²) in [5.41, 5.74) is 20.7. The van der Waals surface area contributed by atoms with Crippen LogP contribution in [0.1, 0.15) is 73.5 Å². The summed E-state index contributed by atoms with van der Waals surface area (Å²) in [6.45, 7) is 15.6. The van der Waals surface area contributed by atoms with Crippen LogP contribution in [0.5, 0.6) is 5.75 Å². The predicted molar refractivity (Wildman–Crippen MR) is 160 cm³/mol. The van der Waals surface area contributed by atoms with Crippen molar-refractivity contribution >= 4 is 17.3 Å². The van der Waals surface area contributed by atoms with Crippen molar-refractivity contribution in [2.24, 2.45) is 11.1 Å². The Morgan fingerprint density at radius 1 is 1.20 bits per heavy atom. The largest absolute Gasteiger partial charge is 0.487 e. The van der Waals surface area contributed by atoms with Crippen molar-refractivity contribution in [3.05, 3.63) is 82.2 Å². The predicted octanol–water partition coefficient (Wildman–Crippen LogP) is 5.19. The second-order valence-electron chi connectivity index (χ2n) is 11.6. The van der Waals surface area contributed by atoms with Crippen molar-refractivity contribution in [2.75, 3.05) is 23.5 Å². The first-order valence-corrected chi connectivity index (χ1v) is 14.3. The second kappa shape index (κ2) is 11.1. The van der Waals surface area contributed by atoms with Gasteiger partial charge in [0.05, 0.1) is 22.5 Å². The molecule has 40 heavy (non-hydrogen) atoms. The molecule has 0 saturated heterocycles. The van der Waals surface area contributed by atoms with E-state index in [0.717, 1.165) is 72.1 Å². The molecule has 0 fully saturated rings. The van der Waals surface area contributed by atoms with Gasteiger partial charge in [-0.2, -0.15) is 0 Å². The number of aryl methyl sites for hydroxylation is 1. The van der Waals surface area contributed by atoms with Crippen LogP contribution in [0.25, 0.3) is 0 Å². The molecule has 0 unspecified atom stereocenters. The summed E-state index contributed by atoms with van der Waals surface area (Å²) in [4.78, 5) is 19.9. The van der Waals surface area contributed by atoms with Crippen molar-refractivity contribution in [3.8, 4) is 5.75 Å². The van der Waals surface area contributed by atoms with Crippen LogP contribution in [0.4, 0.5) is 11.4 Å². The first kappa shape index (κ1) is 27.9. The standard InChI is InChI=1S/C32H42N6O2/c1-7-24-18-37(19-26-28(40-24)10-9-15-34-26)17-23-16-22(12-11-20(23)3)29(32(5,6)31(33)39)25-13-14-27-30(21(25)4)35-36-38(27)8-2/h9-16,24,29,35-36H,7-8,17-19H2,1-6H3,(H2,33,39)/t24-,29+/m1/s1. The van der Waals surface area contributed by atoms with Gasteiger partial charge in [-0.3, -0.25) is 19.7 Å². The van der Waals surface area contributed by atoms with E-state index in [2.05, 4.69) is 83.9 Å². The Labute approximate surface area is 237 Å². The maximum atomic E-state index is 12.9. The summed E-state index contributed by atoms with van der Waals surface area (Å²) >= 11 is 0. The van der Waals surface area contributed by atoms with Gasteiger partial charge in [0.1, 0.15) is 11.9 Å². The van der Waals surface area contributed by atoms with E-state index in [1.54, 1.807) is 0 Å². The Balaban J connectivity index is 1.54. The molecule has 0 aliphatic carbocycles. The summed E-state index contributed by atoms with van der Waals surface area (Å²) in [5, 5.41) is 2.08. The lowest BCUT2D eigenvalue weighted by Crippen LogP contribution is -2.38. The molecular formula is C32H42N6O2. The Hall–Kier alpha value is -3.62. The van der Waals surface area contributed by atoms with Crippen LogP contribution in [0.2, 0.25) is 0 Å². The first-order chi connectivity index (χ1) is 19.1. The van der Waals surface area contributed by atoms with Crippen LogP contribution in [0, 0.1) is 19.3 Å². The van der Waals surface area contributed by atoms with E-state index in [0.29, 0.717) is 0 Å². The molecule has 4 N–H and O–H groups in total. The quantitative estimate of drug-likeness (QED) is 0.361. The number of anilines is 2. The van der Waals surface area contributed by atoms with Gasteiger partial charge in [0.2, 0.25) is 5.91 Å². The highest BCUT2D eigenvalue weighted by Gasteiger charge is 2.39. The number of carbonyl (C=O) groups is 1. The lowest BCUT2D eigenvalue weighted by atomic mass is 9.69. The van der Waals surface area contributed by atoms with Gasteiger partial charge in [0.15, 0.2) is 0 Å². The highest BCUT2D eigenvalue weighted by Crippen LogP contribution is 2.46. The van der Waals surface area contributed by atoms with Gasteiger partial charge >= 0.3 is 0 Å². The van der Waals surface area contributed by atoms with Crippen LogP contribution in [-0.4, -0.2) is 35.0 Å². The molecule has 5 rings (SSSR count). The van der Waals surface area contributed by atoms with Gasteiger partial charge in [-0.05, 0) is 73.2 Å². The lowest BCUT2D eigenvalue weighted by Gasteiger charge is -2.34. The number of hydrogen-bond donors (Lipinski definition) is 3. The third kappa shape index (κ3) is 5.13. The van der Waals surface area contributed by atoms with E-state index >= 15 is 0 Å². The maximum absolute atomic E-state index is 12.9. The summed E-state index contributed by atoms with van der Waals surface area (Å²) in [5.74, 6) is 0.340. The zero-order chi connectivity index (χ0) is 28.6. The van der Waals surface area contributed by atoms with Crippen LogP contribution >= 0.6 is 0 Å². The highest BCUT2D eigenvalue weighted by molar-refractivity contribution is 5.83. The summed E-state index contributed by atoms with van der Waals surface area (Å²) in [7, 11) is 0. The summed E-state index contributed by atoms with van der Waals surface area (Å²) in [6, 6.07) is 14.8. The molecule has 0 bridgehead atoms. The SMILES string of the molecule is CC[C@@H]1CN(Cc2cc([C@@H](c3ccc4c(c3C)NNN4CC)C(C)(C)C(N)=O)ccc2C)Cc2ncccc2O1. The number of nitrogens with one attached hydrogen (secondary N) is 2. The Morgan fingerprint density at radius 3 is 2.73 bits per heavy atom. The van der Waals surface area contributed by atoms with Crippen LogP contribution in [0.3, 0.4) is 0 Å². The maximum Gasteiger partial charge on any atom is 0.224 e. The fourth-order valence-corrected chi connectivity index (χ4v) is 6.01. The van der Waals surface area contributed by atoms with E-state index in [4.69, 9.17) is 10.5 Å². The molecule has 8 nitrogen and oxygen atoms in total. The molecule has 212 valence electrons. The molecule has 2 aliphatic heterocycles. The van der Waals surface area contributed by atoms with E-state index in [1.807, 2.05) is 32.2 Å². The fourth-order valence-electron chi connectivity index (χ4n) is 6.01. The number of rotatable bonds is 8. The molecule has 1 amide bonds. The number of hydrazine groups is 2. The number of carbonyl (C=O) groups excluding carboxylic acids is 1. The Bertz CT molecular complexity index is 1400. The van der Waals surface area contributed by atoms with Gasteiger partial charge in [-0.25, -0.2) is 0 Å². The normalized spacial score (nSPS) is 17.9. The number of hydrogen-bond acceptors (Lipinski definition) is 7. The smallest absolute Gasteiger partial charge is 0.224 e.